The zero-order valence-electron chi connectivity index (χ0n) is 12.9. The van der Waals surface area contributed by atoms with Crippen molar-refractivity contribution in [1.82, 2.24) is 9.97 Å². The number of aromatic nitrogens is 2. The van der Waals surface area contributed by atoms with Crippen LogP contribution in [0.15, 0.2) is 12.4 Å². The van der Waals surface area contributed by atoms with Crippen LogP contribution in [0.2, 0.25) is 0 Å². The van der Waals surface area contributed by atoms with Gasteiger partial charge in [-0.1, -0.05) is 6.92 Å². The van der Waals surface area contributed by atoms with Gasteiger partial charge in [0.2, 0.25) is 5.88 Å². The van der Waals surface area contributed by atoms with Crippen LogP contribution in [0.5, 0.6) is 5.88 Å². The number of carbonyl (C=O) groups excluding carboxylic acids is 1. The van der Waals surface area contributed by atoms with Gasteiger partial charge >= 0.3 is 5.97 Å². The Kier molecular flexibility index (Phi) is 8.11. The molecule has 0 spiro atoms. The van der Waals surface area contributed by atoms with E-state index in [-0.39, 0.29) is 12.4 Å². The lowest BCUT2D eigenvalue weighted by Crippen LogP contribution is -2.30. The number of anilines is 1. The largest absolute Gasteiger partial charge is 0.477 e. The second-order valence-electron chi connectivity index (χ2n) is 4.37. The van der Waals surface area contributed by atoms with E-state index in [4.69, 9.17) is 9.47 Å². The van der Waals surface area contributed by atoms with Gasteiger partial charge in [0.25, 0.3) is 0 Å². The normalized spacial score (nSPS) is 10.2. The summed E-state index contributed by atoms with van der Waals surface area (Å²) in [5, 5.41) is 0. The predicted molar refractivity (Wildman–Crippen MR) is 78.5 cm³/mol. The molecule has 0 unspecified atom stereocenters. The van der Waals surface area contributed by atoms with Crippen LogP contribution >= 0.6 is 0 Å². The van der Waals surface area contributed by atoms with Crippen molar-refractivity contribution in [1.29, 1.82) is 0 Å². The second-order valence-corrected chi connectivity index (χ2v) is 4.37. The van der Waals surface area contributed by atoms with Gasteiger partial charge in [0.15, 0.2) is 5.82 Å². The van der Waals surface area contributed by atoms with Gasteiger partial charge in [-0.15, -0.1) is 0 Å². The van der Waals surface area contributed by atoms with E-state index >= 15 is 0 Å². The van der Waals surface area contributed by atoms with E-state index in [9.17, 15) is 4.79 Å². The number of rotatable bonds is 10. The van der Waals surface area contributed by atoms with Crippen LogP contribution in [0.25, 0.3) is 0 Å². The lowest BCUT2D eigenvalue weighted by molar-refractivity contribution is -0.140. The average molecular weight is 297 g/mol. The molecule has 0 saturated carbocycles. The summed E-state index contributed by atoms with van der Waals surface area (Å²) in [6.45, 7) is 4.25. The van der Waals surface area contributed by atoms with Gasteiger partial charge in [-0.05, 0) is 6.42 Å². The second kappa shape index (κ2) is 9.93. The Morgan fingerprint density at radius 1 is 1.24 bits per heavy atom. The van der Waals surface area contributed by atoms with Crippen molar-refractivity contribution in [3.63, 3.8) is 0 Å². The van der Waals surface area contributed by atoms with Crippen molar-refractivity contribution < 1.29 is 19.0 Å². The van der Waals surface area contributed by atoms with E-state index in [0.717, 1.165) is 6.42 Å². The Morgan fingerprint density at radius 2 is 2.05 bits per heavy atom. The lowest BCUT2D eigenvalue weighted by Gasteiger charge is -2.22. The molecule has 21 heavy (non-hydrogen) atoms. The highest BCUT2D eigenvalue weighted by Gasteiger charge is 2.12. The minimum absolute atomic E-state index is 0.260. The Morgan fingerprint density at radius 3 is 2.71 bits per heavy atom. The van der Waals surface area contributed by atoms with Crippen molar-refractivity contribution in [2.45, 2.75) is 19.8 Å². The Balaban J connectivity index is 2.73. The van der Waals surface area contributed by atoms with Gasteiger partial charge in [-0.25, -0.2) is 0 Å². The molecule has 1 aromatic rings. The van der Waals surface area contributed by atoms with Gasteiger partial charge < -0.3 is 19.1 Å². The summed E-state index contributed by atoms with van der Waals surface area (Å²) in [6.07, 6.45) is 4.41. The quantitative estimate of drug-likeness (QED) is 0.602. The molecule has 0 aromatic carbocycles. The Bertz CT molecular complexity index is 428. The fourth-order valence-electron chi connectivity index (χ4n) is 1.64. The van der Waals surface area contributed by atoms with Crippen molar-refractivity contribution in [3.05, 3.63) is 12.4 Å². The molecule has 0 fully saturated rings. The molecule has 0 amide bonds. The van der Waals surface area contributed by atoms with E-state index in [2.05, 4.69) is 14.7 Å². The molecule has 1 heterocycles. The Labute approximate surface area is 125 Å². The summed E-state index contributed by atoms with van der Waals surface area (Å²) in [6, 6.07) is 0. The highest BCUT2D eigenvalue weighted by atomic mass is 16.5. The van der Waals surface area contributed by atoms with Gasteiger partial charge in [0.05, 0.1) is 39.1 Å². The fourth-order valence-corrected chi connectivity index (χ4v) is 1.64. The number of esters is 1. The highest BCUT2D eigenvalue weighted by Crippen LogP contribution is 2.14. The van der Waals surface area contributed by atoms with E-state index in [1.165, 1.54) is 7.11 Å². The molecule has 0 N–H and O–H groups in total. The van der Waals surface area contributed by atoms with Crippen molar-refractivity contribution in [2.24, 2.45) is 0 Å². The number of methoxy groups -OCH3 is 2. The molecule has 0 radical (unpaired) electrons. The molecule has 118 valence electrons. The monoisotopic (exact) mass is 297 g/mol. The van der Waals surface area contributed by atoms with Gasteiger partial charge in [-0.3, -0.25) is 9.78 Å². The summed E-state index contributed by atoms with van der Waals surface area (Å²) in [5.41, 5.74) is 0. The number of hydrogen-bond donors (Lipinski definition) is 0. The molecule has 0 saturated heterocycles. The number of carbonyl (C=O) groups is 1. The summed E-state index contributed by atoms with van der Waals surface area (Å²) in [5.74, 6) is 0.878. The molecule has 1 rings (SSSR count). The molecule has 0 bridgehead atoms. The highest BCUT2D eigenvalue weighted by molar-refractivity contribution is 5.69. The maximum absolute atomic E-state index is 11.3. The zero-order valence-corrected chi connectivity index (χ0v) is 12.9. The van der Waals surface area contributed by atoms with Crippen LogP contribution in [-0.4, -0.2) is 56.5 Å². The summed E-state index contributed by atoms with van der Waals surface area (Å²) in [4.78, 5) is 21.7. The third-order valence-corrected chi connectivity index (χ3v) is 2.76. The smallest absolute Gasteiger partial charge is 0.307 e. The van der Waals surface area contributed by atoms with E-state index in [1.807, 2.05) is 11.8 Å². The molecular weight excluding hydrogens is 274 g/mol. The van der Waals surface area contributed by atoms with Crippen LogP contribution in [0, 0.1) is 0 Å². The van der Waals surface area contributed by atoms with Crippen molar-refractivity contribution in [3.8, 4) is 5.88 Å². The first-order chi connectivity index (χ1) is 10.2. The molecule has 0 aliphatic rings. The number of ether oxygens (including phenoxy) is 3. The number of hydrogen-bond acceptors (Lipinski definition) is 7. The topological polar surface area (TPSA) is 73.8 Å². The minimum Gasteiger partial charge on any atom is -0.477 e. The summed E-state index contributed by atoms with van der Waals surface area (Å²) >= 11 is 0. The molecule has 0 atom stereocenters. The van der Waals surface area contributed by atoms with Crippen LogP contribution < -0.4 is 9.64 Å². The third kappa shape index (κ3) is 6.40. The predicted octanol–water partition coefficient (Wildman–Crippen LogP) is 1.28. The lowest BCUT2D eigenvalue weighted by atomic mass is 10.3. The minimum atomic E-state index is -0.260. The Hall–Kier alpha value is -1.89. The first-order valence-electron chi connectivity index (χ1n) is 6.96. The maximum atomic E-state index is 11.3. The molecule has 1 aromatic heterocycles. The molecule has 0 aliphatic heterocycles. The van der Waals surface area contributed by atoms with E-state index in [0.29, 0.717) is 38.0 Å². The molecule has 7 nitrogen and oxygen atoms in total. The van der Waals surface area contributed by atoms with Crippen LogP contribution in [-0.2, 0) is 14.3 Å². The molecular formula is C14H23N3O4. The SMILES string of the molecule is CCCOc1cncc(N(CCOC)CCC(=O)OC)n1. The van der Waals surface area contributed by atoms with Gasteiger partial charge in [-0.2, -0.15) is 4.98 Å². The third-order valence-electron chi connectivity index (χ3n) is 2.76. The fraction of sp³-hybridized carbons (Fsp3) is 0.643. The molecule has 7 heteroatoms. The van der Waals surface area contributed by atoms with E-state index in [1.54, 1.807) is 19.5 Å². The molecule has 0 aliphatic carbocycles. The zero-order chi connectivity index (χ0) is 15.5. The van der Waals surface area contributed by atoms with Crippen molar-refractivity contribution in [2.75, 3.05) is 45.4 Å². The maximum Gasteiger partial charge on any atom is 0.307 e. The van der Waals surface area contributed by atoms with Gasteiger partial charge in [0, 0.05) is 20.2 Å². The van der Waals surface area contributed by atoms with Crippen LogP contribution in [0.4, 0.5) is 5.82 Å². The van der Waals surface area contributed by atoms with Crippen molar-refractivity contribution >= 4 is 11.8 Å². The van der Waals surface area contributed by atoms with Crippen LogP contribution in [0.3, 0.4) is 0 Å². The average Bonchev–Trinajstić information content (AvgIpc) is 2.53. The summed E-state index contributed by atoms with van der Waals surface area (Å²) in [7, 11) is 3.01. The van der Waals surface area contributed by atoms with Crippen LogP contribution in [0.1, 0.15) is 19.8 Å². The first-order valence-corrected chi connectivity index (χ1v) is 6.96. The first kappa shape index (κ1) is 17.2. The van der Waals surface area contributed by atoms with Gasteiger partial charge in [0.1, 0.15) is 0 Å². The summed E-state index contributed by atoms with van der Waals surface area (Å²) < 4.78 is 15.2. The standard InChI is InChI=1S/C14H23N3O4/c1-4-8-21-13-11-15-10-12(16-13)17(7-9-19-2)6-5-14(18)20-3/h10-11H,4-9H2,1-3H3. The number of nitrogens with zero attached hydrogens (tertiary/aromatic N) is 3. The van der Waals surface area contributed by atoms with E-state index < -0.39 is 0 Å².